The summed E-state index contributed by atoms with van der Waals surface area (Å²) in [6.45, 7) is 15.1. The van der Waals surface area contributed by atoms with Crippen molar-refractivity contribution in [2.75, 3.05) is 26.7 Å². The third-order valence-electron chi connectivity index (χ3n) is 5.39. The van der Waals surface area contributed by atoms with Gasteiger partial charge in [-0.15, -0.1) is 0 Å². The minimum Gasteiger partial charge on any atom is -0.446 e. The molecule has 5 nitrogen and oxygen atoms in total. The fourth-order valence-electron chi connectivity index (χ4n) is 4.09. The molecule has 1 amide bonds. The van der Waals surface area contributed by atoms with Crippen LogP contribution in [0.1, 0.15) is 80.1 Å². The van der Waals surface area contributed by atoms with Gasteiger partial charge in [0.25, 0.3) is 0 Å². The van der Waals surface area contributed by atoms with Crippen LogP contribution in [0.25, 0.3) is 0 Å². The minimum absolute atomic E-state index is 0.113. The van der Waals surface area contributed by atoms with Crippen LogP contribution >= 0.6 is 0 Å². The largest absolute Gasteiger partial charge is 0.446 e. The number of hydrogen-bond acceptors (Lipinski definition) is 4. The van der Waals surface area contributed by atoms with Gasteiger partial charge in [-0.2, -0.15) is 0 Å². The van der Waals surface area contributed by atoms with Crippen molar-refractivity contribution in [3.63, 3.8) is 0 Å². The highest BCUT2D eigenvalue weighted by Crippen LogP contribution is 2.35. The van der Waals surface area contributed by atoms with Crippen molar-refractivity contribution in [2.45, 2.75) is 86.3 Å². The Balaban J connectivity index is 2.60. The van der Waals surface area contributed by atoms with Gasteiger partial charge in [-0.1, -0.05) is 41.0 Å². The lowest BCUT2D eigenvalue weighted by Crippen LogP contribution is -2.46. The molecule has 0 aromatic rings. The molecule has 1 rings (SSSR count). The van der Waals surface area contributed by atoms with E-state index in [0.29, 0.717) is 12.3 Å². The maximum absolute atomic E-state index is 11.9. The van der Waals surface area contributed by atoms with Crippen molar-refractivity contribution < 1.29 is 14.3 Å². The molecule has 0 radical (unpaired) electrons. The monoisotopic (exact) mass is 368 g/mol. The second-order valence-electron chi connectivity index (χ2n) is 9.37. The van der Waals surface area contributed by atoms with Crippen LogP contribution in [0.4, 0.5) is 0 Å². The highest BCUT2D eigenvalue weighted by atomic mass is 16.6. The number of esters is 1. The molecular formula is C21H40N2O3. The number of ether oxygens (including phenoxy) is 1. The first-order valence-corrected chi connectivity index (χ1v) is 10.1. The molecular weight excluding hydrogens is 328 g/mol. The lowest BCUT2D eigenvalue weighted by molar-refractivity contribution is -0.169. The molecule has 0 N–H and O–H groups in total. The molecule has 0 saturated carbocycles. The number of carbonyl (C=O) groups is 2. The third-order valence-corrected chi connectivity index (χ3v) is 5.39. The van der Waals surface area contributed by atoms with E-state index in [1.165, 1.54) is 6.92 Å². The van der Waals surface area contributed by atoms with Crippen LogP contribution in [0.3, 0.4) is 0 Å². The SMILES string of the molecule is CCCN(C)C(OC(C)=O)C(C)(C)CCCC(C)(C)CN1CCCC1=O. The van der Waals surface area contributed by atoms with E-state index < -0.39 is 0 Å². The molecule has 26 heavy (non-hydrogen) atoms. The Bertz CT molecular complexity index is 474. The van der Waals surface area contributed by atoms with Gasteiger partial charge >= 0.3 is 5.97 Å². The molecule has 0 aromatic heterocycles. The summed E-state index contributed by atoms with van der Waals surface area (Å²) in [5, 5.41) is 0. The Kier molecular flexibility index (Phi) is 8.58. The summed E-state index contributed by atoms with van der Waals surface area (Å²) in [6.07, 6.45) is 5.62. The van der Waals surface area contributed by atoms with Crippen molar-refractivity contribution >= 4 is 11.9 Å². The molecule has 0 bridgehead atoms. The average molecular weight is 369 g/mol. The molecule has 0 spiro atoms. The van der Waals surface area contributed by atoms with Gasteiger partial charge in [0.1, 0.15) is 0 Å². The summed E-state index contributed by atoms with van der Waals surface area (Å²) >= 11 is 0. The number of hydrogen-bond donors (Lipinski definition) is 0. The van der Waals surface area contributed by atoms with Gasteiger partial charge in [0.05, 0.1) is 0 Å². The molecule has 1 heterocycles. The molecule has 1 atom stereocenters. The van der Waals surface area contributed by atoms with Crippen LogP contribution in [0.5, 0.6) is 0 Å². The molecule has 1 unspecified atom stereocenters. The zero-order valence-electron chi connectivity index (χ0n) is 18.1. The van der Waals surface area contributed by atoms with Gasteiger partial charge < -0.3 is 9.64 Å². The standard InChI is InChI=1S/C21H40N2O3/c1-8-14-22(7)19(26-17(2)24)21(5,6)13-10-12-20(3,4)16-23-15-9-11-18(23)25/h19H,8-16H2,1-7H3. The van der Waals surface area contributed by atoms with Gasteiger partial charge in [0.2, 0.25) is 5.91 Å². The number of rotatable bonds is 11. The first kappa shape index (κ1) is 22.9. The van der Waals surface area contributed by atoms with Crippen LogP contribution in [0.2, 0.25) is 0 Å². The smallest absolute Gasteiger partial charge is 0.304 e. The van der Waals surface area contributed by atoms with Gasteiger partial charge in [-0.05, 0) is 38.1 Å². The highest BCUT2D eigenvalue weighted by molar-refractivity contribution is 5.78. The van der Waals surface area contributed by atoms with Gasteiger partial charge in [-0.25, -0.2) is 0 Å². The van der Waals surface area contributed by atoms with Crippen molar-refractivity contribution in [3.05, 3.63) is 0 Å². The van der Waals surface area contributed by atoms with Crippen LogP contribution in [0, 0.1) is 10.8 Å². The number of amides is 1. The van der Waals surface area contributed by atoms with Crippen LogP contribution in [-0.4, -0.2) is 54.6 Å². The molecule has 0 aromatic carbocycles. The van der Waals surface area contributed by atoms with Crippen molar-refractivity contribution in [1.29, 1.82) is 0 Å². The second-order valence-corrected chi connectivity index (χ2v) is 9.37. The van der Waals surface area contributed by atoms with E-state index >= 15 is 0 Å². The second kappa shape index (κ2) is 9.72. The zero-order valence-corrected chi connectivity index (χ0v) is 18.1. The predicted octanol–water partition coefficient (Wildman–Crippen LogP) is 4.06. The maximum atomic E-state index is 11.9. The normalized spacial score (nSPS) is 17.1. The van der Waals surface area contributed by atoms with Crippen LogP contribution in [0.15, 0.2) is 0 Å². The van der Waals surface area contributed by atoms with E-state index in [2.05, 4.69) is 39.5 Å². The van der Waals surface area contributed by atoms with Gasteiger partial charge in [0.15, 0.2) is 6.23 Å². The van der Waals surface area contributed by atoms with E-state index in [0.717, 1.165) is 51.7 Å². The molecule has 1 fully saturated rings. The van der Waals surface area contributed by atoms with E-state index in [4.69, 9.17) is 4.74 Å². The summed E-state index contributed by atoms with van der Waals surface area (Å²) < 4.78 is 5.67. The topological polar surface area (TPSA) is 49.9 Å². The van der Waals surface area contributed by atoms with Gasteiger partial charge in [0, 0.05) is 38.4 Å². The van der Waals surface area contributed by atoms with E-state index in [1.807, 2.05) is 11.9 Å². The number of carbonyl (C=O) groups excluding carboxylic acids is 2. The van der Waals surface area contributed by atoms with E-state index in [9.17, 15) is 9.59 Å². The Morgan fingerprint density at radius 3 is 2.42 bits per heavy atom. The number of nitrogens with zero attached hydrogens (tertiary/aromatic N) is 2. The fourth-order valence-corrected chi connectivity index (χ4v) is 4.09. The number of likely N-dealkylation sites (tertiary alicyclic amines) is 1. The fraction of sp³-hybridized carbons (Fsp3) is 0.905. The lowest BCUT2D eigenvalue weighted by Gasteiger charge is -2.40. The molecule has 1 aliphatic rings. The van der Waals surface area contributed by atoms with E-state index in [-0.39, 0.29) is 23.0 Å². The summed E-state index contributed by atoms with van der Waals surface area (Å²) in [7, 11) is 2.03. The summed E-state index contributed by atoms with van der Waals surface area (Å²) in [6, 6.07) is 0. The molecule has 1 aliphatic heterocycles. The Morgan fingerprint density at radius 1 is 1.27 bits per heavy atom. The third kappa shape index (κ3) is 7.26. The Hall–Kier alpha value is -1.10. The van der Waals surface area contributed by atoms with Crippen molar-refractivity contribution in [1.82, 2.24) is 9.80 Å². The van der Waals surface area contributed by atoms with Crippen LogP contribution < -0.4 is 0 Å². The first-order chi connectivity index (χ1) is 12.0. The van der Waals surface area contributed by atoms with Crippen LogP contribution in [-0.2, 0) is 14.3 Å². The Labute approximate surface area is 160 Å². The molecule has 0 aliphatic carbocycles. The molecule has 1 saturated heterocycles. The summed E-state index contributed by atoms with van der Waals surface area (Å²) in [5.41, 5.74) is -0.00252. The quantitative estimate of drug-likeness (QED) is 0.407. The van der Waals surface area contributed by atoms with Crippen molar-refractivity contribution in [2.24, 2.45) is 10.8 Å². The predicted molar refractivity (Wildman–Crippen MR) is 106 cm³/mol. The highest BCUT2D eigenvalue weighted by Gasteiger charge is 2.35. The zero-order chi connectivity index (χ0) is 20.0. The van der Waals surface area contributed by atoms with Gasteiger partial charge in [-0.3, -0.25) is 14.5 Å². The molecule has 5 heteroatoms. The maximum Gasteiger partial charge on any atom is 0.304 e. The van der Waals surface area contributed by atoms with Crippen molar-refractivity contribution in [3.8, 4) is 0 Å². The first-order valence-electron chi connectivity index (χ1n) is 10.1. The molecule has 152 valence electrons. The van der Waals surface area contributed by atoms with E-state index in [1.54, 1.807) is 0 Å². The lowest BCUT2D eigenvalue weighted by atomic mass is 9.80. The minimum atomic E-state index is -0.223. The summed E-state index contributed by atoms with van der Waals surface area (Å²) in [4.78, 5) is 27.6. The summed E-state index contributed by atoms with van der Waals surface area (Å²) in [5.74, 6) is 0.0772. The average Bonchev–Trinajstić information content (AvgIpc) is 2.88. The Morgan fingerprint density at radius 2 is 1.92 bits per heavy atom.